The van der Waals surface area contributed by atoms with Gasteiger partial charge >= 0.3 is 5.97 Å². The Labute approximate surface area is 136 Å². The second-order valence-electron chi connectivity index (χ2n) is 5.08. The number of carboxylic acid groups (broad SMARTS) is 1. The Hall–Kier alpha value is -3.26. The molecule has 0 fully saturated rings. The molecular weight excluding hydrogens is 314 g/mol. The van der Waals surface area contributed by atoms with Crippen LogP contribution in [0.2, 0.25) is 0 Å². The summed E-state index contributed by atoms with van der Waals surface area (Å²) in [5.74, 6) is -2.23. The maximum Gasteiger partial charge on any atom is 0.354 e. The van der Waals surface area contributed by atoms with E-state index < -0.39 is 17.8 Å². The van der Waals surface area contributed by atoms with Crippen LogP contribution in [0.3, 0.4) is 0 Å². The average molecular weight is 327 g/mol. The minimum absolute atomic E-state index is 0.0449. The summed E-state index contributed by atoms with van der Waals surface area (Å²) in [6, 6.07) is 8.12. The predicted molar refractivity (Wildman–Crippen MR) is 84.2 cm³/mol. The van der Waals surface area contributed by atoms with Crippen LogP contribution in [0.4, 0.5) is 5.69 Å². The Balaban J connectivity index is 1.97. The van der Waals surface area contributed by atoms with Crippen molar-refractivity contribution < 1.29 is 24.6 Å². The second-order valence-corrected chi connectivity index (χ2v) is 5.08. The van der Waals surface area contributed by atoms with Gasteiger partial charge in [0.2, 0.25) is 0 Å². The van der Waals surface area contributed by atoms with Crippen LogP contribution in [0.5, 0.6) is 0 Å². The molecule has 3 rings (SSSR count). The van der Waals surface area contributed by atoms with E-state index in [1.165, 1.54) is 6.07 Å². The van der Waals surface area contributed by atoms with Crippen LogP contribution in [0.25, 0.3) is 10.9 Å². The van der Waals surface area contributed by atoms with Crippen LogP contribution < -0.4 is 5.32 Å². The number of pyridine rings is 1. The Kier molecular flexibility index (Phi) is 3.97. The number of aliphatic hydroxyl groups excluding tert-OH is 1. The summed E-state index contributed by atoms with van der Waals surface area (Å²) in [6.07, 6.45) is 1.14. The quantitative estimate of drug-likeness (QED) is 0.687. The molecule has 2 aromatic rings. The minimum Gasteiger partial charge on any atom is -0.477 e. The number of rotatable bonds is 5. The lowest BCUT2D eigenvalue weighted by atomic mass is 10.1. The summed E-state index contributed by atoms with van der Waals surface area (Å²) < 4.78 is 0. The summed E-state index contributed by atoms with van der Waals surface area (Å²) in [5, 5.41) is 21.5. The zero-order chi connectivity index (χ0) is 17.3. The van der Waals surface area contributed by atoms with Crippen molar-refractivity contribution in [2.45, 2.75) is 0 Å². The van der Waals surface area contributed by atoms with Crippen LogP contribution in [0, 0.1) is 0 Å². The molecule has 8 nitrogen and oxygen atoms in total. The van der Waals surface area contributed by atoms with Crippen molar-refractivity contribution in [3.63, 3.8) is 0 Å². The number of hydrogen-bond donors (Lipinski definition) is 3. The monoisotopic (exact) mass is 327 g/mol. The molecule has 3 N–H and O–H groups in total. The van der Waals surface area contributed by atoms with Gasteiger partial charge in [-0.15, -0.1) is 0 Å². The first-order valence-electron chi connectivity index (χ1n) is 7.09. The Morgan fingerprint density at radius 3 is 2.71 bits per heavy atom. The molecule has 0 atom stereocenters. The summed E-state index contributed by atoms with van der Waals surface area (Å²) in [4.78, 5) is 40.0. The molecule has 0 saturated heterocycles. The Morgan fingerprint density at radius 2 is 2.00 bits per heavy atom. The molecule has 2 heterocycles. The smallest absolute Gasteiger partial charge is 0.354 e. The Bertz CT molecular complexity index is 890. The number of aromatic carboxylic acids is 1. The molecular formula is C16H13N3O5. The molecule has 8 heteroatoms. The minimum atomic E-state index is -1.16. The predicted octanol–water partition coefficient (Wildman–Crippen LogP) is 0.590. The molecule has 24 heavy (non-hydrogen) atoms. The number of aromatic nitrogens is 1. The van der Waals surface area contributed by atoms with Crippen molar-refractivity contribution in [3.8, 4) is 0 Å². The zero-order valence-corrected chi connectivity index (χ0v) is 12.4. The summed E-state index contributed by atoms with van der Waals surface area (Å²) in [7, 11) is 0. The van der Waals surface area contributed by atoms with E-state index >= 15 is 0 Å². The van der Waals surface area contributed by atoms with E-state index in [0.29, 0.717) is 16.6 Å². The van der Waals surface area contributed by atoms with Crippen LogP contribution in [0.15, 0.2) is 42.1 Å². The molecule has 0 radical (unpaired) electrons. The topological polar surface area (TPSA) is 120 Å². The van der Waals surface area contributed by atoms with Crippen LogP contribution in [0.1, 0.15) is 10.5 Å². The number of carboxylic acids is 1. The van der Waals surface area contributed by atoms with Gasteiger partial charge in [0.1, 0.15) is 11.4 Å². The Morgan fingerprint density at radius 1 is 1.21 bits per heavy atom. The lowest BCUT2D eigenvalue weighted by Gasteiger charge is -2.14. The lowest BCUT2D eigenvalue weighted by molar-refractivity contribution is -0.137. The summed E-state index contributed by atoms with van der Waals surface area (Å²) >= 11 is 0. The first-order valence-corrected chi connectivity index (χ1v) is 7.09. The molecule has 1 aromatic carbocycles. The SMILES string of the molecule is O=C(O)c1ccc2cccc(NC3=CC(=O)N(CCO)C3=O)c2n1. The van der Waals surface area contributed by atoms with Crippen molar-refractivity contribution in [2.24, 2.45) is 0 Å². The molecule has 1 aliphatic heterocycles. The van der Waals surface area contributed by atoms with Crippen molar-refractivity contribution >= 4 is 34.4 Å². The normalized spacial score (nSPS) is 14.2. The van der Waals surface area contributed by atoms with Gasteiger partial charge in [-0.05, 0) is 12.1 Å². The number of nitrogens with zero attached hydrogens (tertiary/aromatic N) is 2. The number of carbonyl (C=O) groups excluding carboxylic acids is 2. The number of nitrogens with one attached hydrogen (secondary N) is 1. The van der Waals surface area contributed by atoms with Gasteiger partial charge in [-0.1, -0.05) is 18.2 Å². The van der Waals surface area contributed by atoms with Gasteiger partial charge in [-0.2, -0.15) is 0 Å². The zero-order valence-electron chi connectivity index (χ0n) is 12.4. The number of fused-ring (bicyclic) bond motifs is 1. The first kappa shape index (κ1) is 15.6. The number of para-hydroxylation sites is 1. The number of β-amino-alcohol motifs (C(OH)–C–C–N with tert-alkyl or cyclic N) is 1. The molecule has 1 aromatic heterocycles. The highest BCUT2D eigenvalue weighted by molar-refractivity contribution is 6.18. The van der Waals surface area contributed by atoms with Gasteiger partial charge in [0, 0.05) is 11.5 Å². The van der Waals surface area contributed by atoms with Gasteiger partial charge in [0.15, 0.2) is 0 Å². The fourth-order valence-electron chi connectivity index (χ4n) is 2.42. The number of imide groups is 1. The molecule has 122 valence electrons. The number of amides is 2. The highest BCUT2D eigenvalue weighted by Crippen LogP contribution is 2.25. The number of carbonyl (C=O) groups is 3. The molecule has 0 bridgehead atoms. The van der Waals surface area contributed by atoms with Crippen molar-refractivity contribution in [1.29, 1.82) is 0 Å². The molecule has 0 spiro atoms. The lowest BCUT2D eigenvalue weighted by Crippen LogP contribution is -2.34. The van der Waals surface area contributed by atoms with Gasteiger partial charge in [-0.25, -0.2) is 9.78 Å². The van der Waals surface area contributed by atoms with E-state index in [0.717, 1.165) is 11.0 Å². The van der Waals surface area contributed by atoms with E-state index in [2.05, 4.69) is 10.3 Å². The maximum absolute atomic E-state index is 12.2. The number of benzene rings is 1. The molecule has 2 amide bonds. The van der Waals surface area contributed by atoms with Gasteiger partial charge in [0.05, 0.1) is 24.4 Å². The highest BCUT2D eigenvalue weighted by Gasteiger charge is 2.30. The van der Waals surface area contributed by atoms with Crippen molar-refractivity contribution in [1.82, 2.24) is 9.88 Å². The molecule has 1 aliphatic rings. The van der Waals surface area contributed by atoms with Crippen molar-refractivity contribution in [2.75, 3.05) is 18.5 Å². The summed E-state index contributed by atoms with van der Waals surface area (Å²) in [5.41, 5.74) is 0.706. The van der Waals surface area contributed by atoms with E-state index in [1.807, 2.05) is 0 Å². The maximum atomic E-state index is 12.2. The van der Waals surface area contributed by atoms with Crippen LogP contribution >= 0.6 is 0 Å². The molecule has 0 saturated carbocycles. The molecule has 0 aliphatic carbocycles. The van der Waals surface area contributed by atoms with Gasteiger partial charge < -0.3 is 15.5 Å². The third-order valence-corrected chi connectivity index (χ3v) is 3.54. The first-order chi connectivity index (χ1) is 11.5. The largest absolute Gasteiger partial charge is 0.477 e. The van der Waals surface area contributed by atoms with E-state index in [4.69, 9.17) is 10.2 Å². The van der Waals surface area contributed by atoms with Gasteiger partial charge in [-0.3, -0.25) is 14.5 Å². The standard InChI is InChI=1S/C16H13N3O5/c20-7-6-19-13(21)8-12(15(19)22)17-10-3-1-2-9-4-5-11(16(23)24)18-14(9)10/h1-5,8,17,20H,6-7H2,(H,23,24). The van der Waals surface area contributed by atoms with E-state index in [-0.39, 0.29) is 24.5 Å². The van der Waals surface area contributed by atoms with Crippen molar-refractivity contribution in [3.05, 3.63) is 47.8 Å². The third-order valence-electron chi connectivity index (χ3n) is 3.54. The van der Waals surface area contributed by atoms with Crippen LogP contribution in [-0.2, 0) is 9.59 Å². The molecule has 0 unspecified atom stereocenters. The second kappa shape index (κ2) is 6.09. The third kappa shape index (κ3) is 2.70. The summed E-state index contributed by atoms with van der Waals surface area (Å²) in [6.45, 7) is -0.410. The highest BCUT2D eigenvalue weighted by atomic mass is 16.4. The van der Waals surface area contributed by atoms with Gasteiger partial charge in [0.25, 0.3) is 11.8 Å². The average Bonchev–Trinajstić information content (AvgIpc) is 2.82. The van der Waals surface area contributed by atoms with Crippen LogP contribution in [-0.4, -0.2) is 51.0 Å². The number of anilines is 1. The fraction of sp³-hybridized carbons (Fsp3) is 0.125. The number of aliphatic hydroxyl groups is 1. The fourth-order valence-corrected chi connectivity index (χ4v) is 2.42. The van der Waals surface area contributed by atoms with E-state index in [9.17, 15) is 14.4 Å². The number of hydrogen-bond acceptors (Lipinski definition) is 6. The van der Waals surface area contributed by atoms with E-state index in [1.54, 1.807) is 24.3 Å².